The number of imide groups is 1. The number of carbonyl (C=O) groups excluding carboxylic acids is 2. The van der Waals surface area contributed by atoms with Crippen LogP contribution < -0.4 is 14.4 Å². The Morgan fingerprint density at radius 3 is 2.71 bits per heavy atom. The molecular formula is C14H17NO5S. The number of methoxy groups -OCH3 is 2. The number of amides is 2. The van der Waals surface area contributed by atoms with Crippen LogP contribution in [0.3, 0.4) is 0 Å². The number of ether oxygens (including phenoxy) is 2. The summed E-state index contributed by atoms with van der Waals surface area (Å²) in [7, 11) is 2.99. The van der Waals surface area contributed by atoms with Crippen molar-refractivity contribution in [1.82, 2.24) is 0 Å². The maximum absolute atomic E-state index is 12.4. The summed E-state index contributed by atoms with van der Waals surface area (Å²) in [5.74, 6) is 0.836. The zero-order valence-corrected chi connectivity index (χ0v) is 12.7. The van der Waals surface area contributed by atoms with E-state index in [9.17, 15) is 9.59 Å². The van der Waals surface area contributed by atoms with Gasteiger partial charge in [-0.3, -0.25) is 9.59 Å². The first-order valence-electron chi connectivity index (χ1n) is 6.43. The van der Waals surface area contributed by atoms with Crippen LogP contribution in [0, 0.1) is 0 Å². The van der Waals surface area contributed by atoms with Crippen molar-refractivity contribution in [3.8, 4) is 11.5 Å². The Morgan fingerprint density at radius 1 is 1.33 bits per heavy atom. The molecule has 1 heterocycles. The summed E-state index contributed by atoms with van der Waals surface area (Å²) in [6.45, 7) is -0.0227. The normalized spacial score (nSPS) is 18.2. The standard InChI is InChI=1S/C14H17NO5S/c1-19-9-3-4-11(20-2)10(7-9)15-13(17)8-12(14(15)18)21-6-5-16/h3-4,7,12,16H,5-6,8H2,1-2H3/t12-/m1/s1. The number of rotatable bonds is 6. The second-order valence-electron chi connectivity index (χ2n) is 4.39. The molecule has 7 heteroatoms. The number of aliphatic hydroxyl groups is 1. The Labute approximate surface area is 127 Å². The summed E-state index contributed by atoms with van der Waals surface area (Å²) in [5.41, 5.74) is 0.388. The zero-order chi connectivity index (χ0) is 15.4. The van der Waals surface area contributed by atoms with Gasteiger partial charge in [-0.25, -0.2) is 4.90 Å². The molecule has 2 amide bonds. The Hall–Kier alpha value is -1.73. The minimum Gasteiger partial charge on any atom is -0.497 e. The molecule has 0 spiro atoms. The van der Waals surface area contributed by atoms with Gasteiger partial charge in [0.15, 0.2) is 0 Å². The van der Waals surface area contributed by atoms with Crippen LogP contribution in [-0.4, -0.2) is 48.8 Å². The van der Waals surface area contributed by atoms with Crippen molar-refractivity contribution in [3.63, 3.8) is 0 Å². The van der Waals surface area contributed by atoms with Gasteiger partial charge in [0.1, 0.15) is 11.5 Å². The minimum atomic E-state index is -0.458. The van der Waals surface area contributed by atoms with Crippen LogP contribution in [0.1, 0.15) is 6.42 Å². The molecule has 0 bridgehead atoms. The van der Waals surface area contributed by atoms with Crippen molar-refractivity contribution < 1.29 is 24.2 Å². The first-order valence-corrected chi connectivity index (χ1v) is 7.48. The molecule has 6 nitrogen and oxygen atoms in total. The lowest BCUT2D eigenvalue weighted by Gasteiger charge is -2.18. The van der Waals surface area contributed by atoms with Crippen LogP contribution in [0.15, 0.2) is 18.2 Å². The van der Waals surface area contributed by atoms with Crippen LogP contribution in [0.5, 0.6) is 11.5 Å². The van der Waals surface area contributed by atoms with Crippen LogP contribution in [0.4, 0.5) is 5.69 Å². The van der Waals surface area contributed by atoms with Crippen molar-refractivity contribution in [2.24, 2.45) is 0 Å². The van der Waals surface area contributed by atoms with Crippen molar-refractivity contribution in [3.05, 3.63) is 18.2 Å². The Balaban J connectivity index is 2.32. The molecule has 114 valence electrons. The van der Waals surface area contributed by atoms with E-state index in [1.54, 1.807) is 18.2 Å². The van der Waals surface area contributed by atoms with E-state index in [1.165, 1.54) is 26.0 Å². The minimum absolute atomic E-state index is 0.0227. The largest absolute Gasteiger partial charge is 0.497 e. The lowest BCUT2D eigenvalue weighted by atomic mass is 10.2. The fourth-order valence-corrected chi connectivity index (χ4v) is 3.05. The van der Waals surface area contributed by atoms with Crippen molar-refractivity contribution in [2.75, 3.05) is 31.5 Å². The van der Waals surface area contributed by atoms with E-state index in [2.05, 4.69) is 0 Å². The molecule has 1 saturated heterocycles. The fraction of sp³-hybridized carbons (Fsp3) is 0.429. The van der Waals surface area contributed by atoms with Crippen LogP contribution in [0.25, 0.3) is 0 Å². The zero-order valence-electron chi connectivity index (χ0n) is 11.9. The number of anilines is 1. The Bertz CT molecular complexity index is 548. The number of aliphatic hydroxyl groups excluding tert-OH is 1. The second kappa shape index (κ2) is 6.82. The van der Waals surface area contributed by atoms with Gasteiger partial charge in [0.2, 0.25) is 11.8 Å². The molecule has 1 aromatic carbocycles. The van der Waals surface area contributed by atoms with Gasteiger partial charge in [-0.05, 0) is 12.1 Å². The van der Waals surface area contributed by atoms with Crippen molar-refractivity contribution in [2.45, 2.75) is 11.7 Å². The third-order valence-corrected chi connectivity index (χ3v) is 4.33. The third-order valence-electron chi connectivity index (χ3n) is 3.14. The van der Waals surface area contributed by atoms with E-state index >= 15 is 0 Å². The number of hydrogen-bond acceptors (Lipinski definition) is 6. The maximum atomic E-state index is 12.4. The second-order valence-corrected chi connectivity index (χ2v) is 5.70. The van der Waals surface area contributed by atoms with Gasteiger partial charge in [-0.2, -0.15) is 0 Å². The quantitative estimate of drug-likeness (QED) is 0.792. The number of carbonyl (C=O) groups is 2. The van der Waals surface area contributed by atoms with Gasteiger partial charge in [-0.15, -0.1) is 11.8 Å². The molecule has 1 aliphatic rings. The average molecular weight is 311 g/mol. The average Bonchev–Trinajstić information content (AvgIpc) is 2.78. The molecule has 1 N–H and O–H groups in total. The number of benzene rings is 1. The maximum Gasteiger partial charge on any atom is 0.247 e. The van der Waals surface area contributed by atoms with Gasteiger partial charge >= 0.3 is 0 Å². The Kier molecular flexibility index (Phi) is 5.08. The van der Waals surface area contributed by atoms with Crippen molar-refractivity contribution in [1.29, 1.82) is 0 Å². The third kappa shape index (κ3) is 3.14. The van der Waals surface area contributed by atoms with Gasteiger partial charge < -0.3 is 14.6 Å². The summed E-state index contributed by atoms with van der Waals surface area (Å²) in [4.78, 5) is 25.7. The molecule has 1 fully saturated rings. The fourth-order valence-electron chi connectivity index (χ4n) is 2.15. The first-order chi connectivity index (χ1) is 10.1. The predicted molar refractivity (Wildman–Crippen MR) is 80.0 cm³/mol. The highest BCUT2D eigenvalue weighted by atomic mass is 32.2. The molecule has 1 atom stereocenters. The monoisotopic (exact) mass is 311 g/mol. The predicted octanol–water partition coefficient (Wildman–Crippen LogP) is 1.06. The first kappa shape index (κ1) is 15.7. The lowest BCUT2D eigenvalue weighted by Crippen LogP contribution is -2.31. The summed E-state index contributed by atoms with van der Waals surface area (Å²) in [5, 5.41) is 8.39. The topological polar surface area (TPSA) is 76.1 Å². The van der Waals surface area contributed by atoms with Gasteiger partial charge in [-0.1, -0.05) is 0 Å². The molecule has 2 rings (SSSR count). The number of thioether (sulfide) groups is 1. The van der Waals surface area contributed by atoms with E-state index in [0.717, 1.165) is 4.90 Å². The molecule has 0 saturated carbocycles. The number of hydrogen-bond donors (Lipinski definition) is 1. The van der Waals surface area contributed by atoms with E-state index in [1.807, 2.05) is 0 Å². The molecule has 0 aliphatic carbocycles. The summed E-state index contributed by atoms with van der Waals surface area (Å²) in [6.07, 6.45) is 0.129. The summed E-state index contributed by atoms with van der Waals surface area (Å²) >= 11 is 1.28. The van der Waals surface area contributed by atoms with Gasteiger partial charge in [0.25, 0.3) is 0 Å². The molecule has 1 aliphatic heterocycles. The molecule has 0 unspecified atom stereocenters. The lowest BCUT2D eigenvalue weighted by molar-refractivity contribution is -0.121. The van der Waals surface area contributed by atoms with Gasteiger partial charge in [0, 0.05) is 18.2 Å². The SMILES string of the molecule is COc1ccc(OC)c(N2C(=O)C[C@@H](SCCO)C2=O)c1. The highest BCUT2D eigenvalue weighted by Gasteiger charge is 2.41. The van der Waals surface area contributed by atoms with Gasteiger partial charge in [0.05, 0.1) is 31.8 Å². The van der Waals surface area contributed by atoms with Crippen molar-refractivity contribution >= 4 is 29.3 Å². The van der Waals surface area contributed by atoms with Crippen LogP contribution >= 0.6 is 11.8 Å². The highest BCUT2D eigenvalue weighted by Crippen LogP contribution is 2.37. The van der Waals surface area contributed by atoms with Crippen LogP contribution in [0.2, 0.25) is 0 Å². The van der Waals surface area contributed by atoms with E-state index in [-0.39, 0.29) is 24.8 Å². The van der Waals surface area contributed by atoms with E-state index in [0.29, 0.717) is 22.9 Å². The van der Waals surface area contributed by atoms with Crippen LogP contribution in [-0.2, 0) is 9.59 Å². The molecule has 21 heavy (non-hydrogen) atoms. The number of nitrogens with zero attached hydrogens (tertiary/aromatic N) is 1. The summed E-state index contributed by atoms with van der Waals surface area (Å²) in [6, 6.07) is 4.96. The smallest absolute Gasteiger partial charge is 0.247 e. The van der Waals surface area contributed by atoms with E-state index < -0.39 is 5.25 Å². The summed E-state index contributed by atoms with van der Waals surface area (Å²) < 4.78 is 10.4. The van der Waals surface area contributed by atoms with E-state index in [4.69, 9.17) is 14.6 Å². The molecule has 0 radical (unpaired) electrons. The molecular weight excluding hydrogens is 294 g/mol. The Morgan fingerprint density at radius 2 is 2.10 bits per heavy atom. The molecule has 1 aromatic rings. The molecule has 0 aromatic heterocycles. The highest BCUT2D eigenvalue weighted by molar-refractivity contribution is 8.00.